The first-order valence-electron chi connectivity index (χ1n) is 9.07. The van der Waals surface area contributed by atoms with Crippen LogP contribution in [0.1, 0.15) is 25.3 Å². The normalized spacial score (nSPS) is 17.3. The molecule has 0 spiro atoms. The van der Waals surface area contributed by atoms with Crippen molar-refractivity contribution >= 4 is 17.5 Å². The monoisotopic (exact) mass is 367 g/mol. The summed E-state index contributed by atoms with van der Waals surface area (Å²) >= 11 is 6.11. The molecule has 0 saturated carbocycles. The van der Waals surface area contributed by atoms with Crippen molar-refractivity contribution in [3.8, 4) is 5.75 Å². The topological polar surface area (TPSA) is 44.8 Å². The molecule has 1 N–H and O–H groups in total. The van der Waals surface area contributed by atoms with E-state index in [2.05, 4.69) is 22.2 Å². The predicted molar refractivity (Wildman–Crippen MR) is 102 cm³/mol. The summed E-state index contributed by atoms with van der Waals surface area (Å²) in [5.74, 6) is 0.455. The van der Waals surface area contributed by atoms with Crippen molar-refractivity contribution in [3.05, 3.63) is 28.8 Å². The number of carbonyl (C=O) groups excluding carboxylic acids is 1. The zero-order valence-corrected chi connectivity index (χ0v) is 16.3. The Hall–Kier alpha value is -1.30. The number of halogens is 1. The van der Waals surface area contributed by atoms with Crippen molar-refractivity contribution in [1.29, 1.82) is 0 Å². The van der Waals surface area contributed by atoms with Gasteiger partial charge in [-0.2, -0.15) is 0 Å². The first kappa shape index (κ1) is 20.0. The largest absolute Gasteiger partial charge is 0.479 e. The maximum Gasteiger partial charge on any atom is 0.260 e. The van der Waals surface area contributed by atoms with E-state index in [1.165, 1.54) is 0 Å². The quantitative estimate of drug-likeness (QED) is 0.717. The maximum atomic E-state index is 12.1. The summed E-state index contributed by atoms with van der Waals surface area (Å²) in [6.45, 7) is 10.1. The Morgan fingerprint density at radius 3 is 2.72 bits per heavy atom. The molecule has 5 nitrogen and oxygen atoms in total. The molecule has 1 aliphatic rings. The molecule has 1 fully saturated rings. The number of carbonyl (C=O) groups is 1. The van der Waals surface area contributed by atoms with Gasteiger partial charge in [0.2, 0.25) is 0 Å². The van der Waals surface area contributed by atoms with E-state index in [1.54, 1.807) is 13.0 Å². The SMILES string of the molecule is Cc1ccc(Cl)c(O[C@H](C)C(=O)NCCCCN2CCN(C)CC2)c1. The van der Waals surface area contributed by atoms with E-state index < -0.39 is 6.10 Å². The highest BCUT2D eigenvalue weighted by molar-refractivity contribution is 6.32. The van der Waals surface area contributed by atoms with Gasteiger partial charge in [0.15, 0.2) is 6.10 Å². The molecule has 1 aromatic carbocycles. The fourth-order valence-corrected chi connectivity index (χ4v) is 2.99. The Balaban J connectivity index is 1.62. The molecule has 1 aliphatic heterocycles. The fraction of sp³-hybridized carbons (Fsp3) is 0.632. The second kappa shape index (κ2) is 10.00. The smallest absolute Gasteiger partial charge is 0.260 e. The fourth-order valence-electron chi connectivity index (χ4n) is 2.83. The lowest BCUT2D eigenvalue weighted by molar-refractivity contribution is -0.127. The number of unbranched alkanes of at least 4 members (excludes halogenated alkanes) is 1. The van der Waals surface area contributed by atoms with E-state index in [1.807, 2.05) is 19.1 Å². The summed E-state index contributed by atoms with van der Waals surface area (Å²) < 4.78 is 5.69. The number of benzene rings is 1. The van der Waals surface area contributed by atoms with Crippen LogP contribution in [-0.4, -0.2) is 68.1 Å². The van der Waals surface area contributed by atoms with E-state index in [9.17, 15) is 4.79 Å². The molecule has 2 rings (SSSR count). The molecule has 0 aliphatic carbocycles. The van der Waals surface area contributed by atoms with Gasteiger partial charge in [0.25, 0.3) is 5.91 Å². The molecule has 1 amide bonds. The number of nitrogens with zero attached hydrogens (tertiary/aromatic N) is 2. The van der Waals surface area contributed by atoms with Crippen LogP contribution in [0.5, 0.6) is 5.75 Å². The van der Waals surface area contributed by atoms with Gasteiger partial charge < -0.3 is 19.9 Å². The summed E-state index contributed by atoms with van der Waals surface area (Å²) in [5, 5.41) is 3.47. The van der Waals surface area contributed by atoms with E-state index >= 15 is 0 Å². The number of hydrogen-bond donors (Lipinski definition) is 1. The van der Waals surface area contributed by atoms with E-state index in [-0.39, 0.29) is 5.91 Å². The Kier molecular flexibility index (Phi) is 8.00. The van der Waals surface area contributed by atoms with Gasteiger partial charge in [-0.05, 0) is 58.0 Å². The van der Waals surface area contributed by atoms with Crippen LogP contribution in [0.15, 0.2) is 18.2 Å². The van der Waals surface area contributed by atoms with Gasteiger partial charge in [-0.3, -0.25) is 4.79 Å². The summed E-state index contributed by atoms with van der Waals surface area (Å²) in [6.07, 6.45) is 1.52. The molecule has 0 aromatic heterocycles. The molecule has 1 heterocycles. The van der Waals surface area contributed by atoms with Gasteiger partial charge in [0.05, 0.1) is 5.02 Å². The third kappa shape index (κ3) is 6.84. The van der Waals surface area contributed by atoms with Crippen LogP contribution in [0.3, 0.4) is 0 Å². The Labute approximate surface area is 156 Å². The number of aryl methyl sites for hydroxylation is 1. The number of ether oxygens (including phenoxy) is 1. The lowest BCUT2D eigenvalue weighted by Crippen LogP contribution is -2.44. The molecule has 1 aromatic rings. The number of rotatable bonds is 8. The van der Waals surface area contributed by atoms with Gasteiger partial charge in [0, 0.05) is 32.7 Å². The maximum absolute atomic E-state index is 12.1. The zero-order valence-electron chi connectivity index (χ0n) is 15.6. The Morgan fingerprint density at radius 2 is 2.00 bits per heavy atom. The lowest BCUT2D eigenvalue weighted by Gasteiger charge is -2.32. The third-order valence-electron chi connectivity index (χ3n) is 4.56. The van der Waals surface area contributed by atoms with Crippen molar-refractivity contribution in [2.75, 3.05) is 46.3 Å². The third-order valence-corrected chi connectivity index (χ3v) is 4.87. The average Bonchev–Trinajstić information content (AvgIpc) is 2.59. The summed E-state index contributed by atoms with van der Waals surface area (Å²) in [7, 11) is 2.17. The molecular formula is C19H30ClN3O2. The van der Waals surface area contributed by atoms with Crippen molar-refractivity contribution in [2.45, 2.75) is 32.8 Å². The minimum atomic E-state index is -0.558. The summed E-state index contributed by atoms with van der Waals surface area (Å²) in [4.78, 5) is 17.0. The standard InChI is InChI=1S/C19H30ClN3O2/c1-15-6-7-17(20)18(14-15)25-16(2)19(24)21-8-4-5-9-23-12-10-22(3)11-13-23/h6-7,14,16H,4-5,8-13H2,1-3H3,(H,21,24)/t16-/m1/s1. The van der Waals surface area contributed by atoms with Gasteiger partial charge in [0.1, 0.15) is 5.75 Å². The lowest BCUT2D eigenvalue weighted by atomic mass is 10.2. The highest BCUT2D eigenvalue weighted by Crippen LogP contribution is 2.26. The van der Waals surface area contributed by atoms with Crippen molar-refractivity contribution < 1.29 is 9.53 Å². The van der Waals surface area contributed by atoms with E-state index in [4.69, 9.17) is 16.3 Å². The van der Waals surface area contributed by atoms with Gasteiger partial charge in [-0.1, -0.05) is 17.7 Å². The summed E-state index contributed by atoms with van der Waals surface area (Å²) in [6, 6.07) is 5.55. The molecule has 0 bridgehead atoms. The zero-order chi connectivity index (χ0) is 18.2. The molecule has 0 unspecified atom stereocenters. The minimum Gasteiger partial charge on any atom is -0.479 e. The van der Waals surface area contributed by atoms with E-state index in [0.717, 1.165) is 51.1 Å². The molecular weight excluding hydrogens is 338 g/mol. The number of nitrogens with one attached hydrogen (secondary N) is 1. The molecule has 6 heteroatoms. The number of amides is 1. The summed E-state index contributed by atoms with van der Waals surface area (Å²) in [5.41, 5.74) is 1.05. The number of hydrogen-bond acceptors (Lipinski definition) is 4. The van der Waals surface area contributed by atoms with Crippen molar-refractivity contribution in [3.63, 3.8) is 0 Å². The molecule has 0 radical (unpaired) electrons. The van der Waals surface area contributed by atoms with Crippen LogP contribution < -0.4 is 10.1 Å². The minimum absolute atomic E-state index is 0.0998. The van der Waals surface area contributed by atoms with Crippen LogP contribution >= 0.6 is 11.6 Å². The highest BCUT2D eigenvalue weighted by Gasteiger charge is 2.16. The van der Waals surface area contributed by atoms with Crippen LogP contribution in [0.2, 0.25) is 5.02 Å². The van der Waals surface area contributed by atoms with Gasteiger partial charge in [-0.15, -0.1) is 0 Å². The Bertz CT molecular complexity index is 560. The molecule has 25 heavy (non-hydrogen) atoms. The van der Waals surface area contributed by atoms with Gasteiger partial charge >= 0.3 is 0 Å². The molecule has 1 saturated heterocycles. The number of piperazine rings is 1. The average molecular weight is 368 g/mol. The van der Waals surface area contributed by atoms with Gasteiger partial charge in [-0.25, -0.2) is 0 Å². The van der Waals surface area contributed by atoms with Crippen LogP contribution in [0.4, 0.5) is 0 Å². The van der Waals surface area contributed by atoms with Crippen molar-refractivity contribution in [2.24, 2.45) is 0 Å². The highest BCUT2D eigenvalue weighted by atomic mass is 35.5. The van der Waals surface area contributed by atoms with Crippen molar-refractivity contribution in [1.82, 2.24) is 15.1 Å². The Morgan fingerprint density at radius 1 is 1.28 bits per heavy atom. The molecule has 1 atom stereocenters. The van der Waals surface area contributed by atoms with Crippen LogP contribution in [0, 0.1) is 6.92 Å². The van der Waals surface area contributed by atoms with E-state index in [0.29, 0.717) is 17.3 Å². The van der Waals surface area contributed by atoms with Crippen LogP contribution in [0.25, 0.3) is 0 Å². The first-order chi connectivity index (χ1) is 12.0. The second-order valence-corrected chi connectivity index (χ2v) is 7.24. The predicted octanol–water partition coefficient (Wildman–Crippen LogP) is 2.56. The molecule has 140 valence electrons. The second-order valence-electron chi connectivity index (χ2n) is 6.84. The van der Waals surface area contributed by atoms with Crippen LogP contribution in [-0.2, 0) is 4.79 Å². The first-order valence-corrected chi connectivity index (χ1v) is 9.45. The number of likely N-dealkylation sites (N-methyl/N-ethyl adjacent to an activating group) is 1.